The van der Waals surface area contributed by atoms with Crippen LogP contribution in [0.25, 0.3) is 0 Å². The van der Waals surface area contributed by atoms with E-state index in [1.807, 2.05) is 30.3 Å². The number of halogens is 1. The van der Waals surface area contributed by atoms with E-state index in [1.54, 1.807) is 0 Å². The van der Waals surface area contributed by atoms with E-state index in [0.717, 1.165) is 34.2 Å². The third-order valence-electron chi connectivity index (χ3n) is 4.88. The largest absolute Gasteiger partial charge is 0.272 e. The molecule has 0 fully saturated rings. The first kappa shape index (κ1) is 19.3. The van der Waals surface area contributed by atoms with E-state index >= 15 is 0 Å². The van der Waals surface area contributed by atoms with E-state index in [-0.39, 0.29) is 5.25 Å². The van der Waals surface area contributed by atoms with Gasteiger partial charge in [0.2, 0.25) is 0 Å². The van der Waals surface area contributed by atoms with Gasteiger partial charge in [0.05, 0.1) is 21.5 Å². The Hall–Kier alpha value is -1.46. The van der Waals surface area contributed by atoms with Gasteiger partial charge in [-0.3, -0.25) is 4.99 Å². The molecule has 3 rings (SSSR count). The summed E-state index contributed by atoms with van der Waals surface area (Å²) in [6, 6.07) is 14.0. The number of aryl methyl sites for hydroxylation is 1. The standard InChI is InChI=1S/C21H25BrN2OS/c1-4-15-5-7-16(8-6-15)20(11-14(2)3)26(23,25)18-9-10-19-17(12-18)13-24-21(19)22/h5-10,12,14,20,23H,4,11,13H2,1-3H3. The Labute approximate surface area is 165 Å². The number of aliphatic imine (C=N–C) groups is 1. The number of nitrogens with zero attached hydrogens (tertiary/aromatic N) is 1. The minimum atomic E-state index is -2.97. The molecule has 0 spiro atoms. The summed E-state index contributed by atoms with van der Waals surface area (Å²) in [7, 11) is -2.97. The number of hydrogen-bond acceptors (Lipinski definition) is 3. The van der Waals surface area contributed by atoms with E-state index in [1.165, 1.54) is 5.56 Å². The Morgan fingerprint density at radius 1 is 1.19 bits per heavy atom. The van der Waals surface area contributed by atoms with Crippen molar-refractivity contribution in [3.05, 3.63) is 64.7 Å². The summed E-state index contributed by atoms with van der Waals surface area (Å²) in [5.74, 6) is 0.365. The van der Waals surface area contributed by atoms with Crippen molar-refractivity contribution in [3.63, 3.8) is 0 Å². The van der Waals surface area contributed by atoms with Crippen molar-refractivity contribution in [2.24, 2.45) is 10.9 Å². The van der Waals surface area contributed by atoms with Crippen LogP contribution in [-0.2, 0) is 22.7 Å². The Morgan fingerprint density at radius 3 is 2.50 bits per heavy atom. The van der Waals surface area contributed by atoms with E-state index in [4.69, 9.17) is 4.78 Å². The molecule has 1 aliphatic heterocycles. The Kier molecular flexibility index (Phi) is 5.68. The Morgan fingerprint density at radius 2 is 1.88 bits per heavy atom. The zero-order chi connectivity index (χ0) is 18.9. The molecule has 2 unspecified atom stereocenters. The zero-order valence-electron chi connectivity index (χ0n) is 15.5. The van der Waals surface area contributed by atoms with Gasteiger partial charge >= 0.3 is 0 Å². The second-order valence-electron chi connectivity index (χ2n) is 7.24. The van der Waals surface area contributed by atoms with Gasteiger partial charge in [-0.2, -0.15) is 0 Å². The molecule has 2 atom stereocenters. The average molecular weight is 433 g/mol. The van der Waals surface area contributed by atoms with Crippen LogP contribution < -0.4 is 0 Å². The van der Waals surface area contributed by atoms with Crippen LogP contribution in [0.3, 0.4) is 0 Å². The maximum atomic E-state index is 13.7. The lowest BCUT2D eigenvalue weighted by molar-refractivity contribution is 0.561. The molecule has 2 aromatic carbocycles. The van der Waals surface area contributed by atoms with Gasteiger partial charge in [0, 0.05) is 10.5 Å². The highest BCUT2D eigenvalue weighted by atomic mass is 79.9. The molecule has 0 aromatic heterocycles. The highest BCUT2D eigenvalue weighted by Crippen LogP contribution is 2.36. The highest BCUT2D eigenvalue weighted by Gasteiger charge is 2.28. The zero-order valence-corrected chi connectivity index (χ0v) is 17.9. The second kappa shape index (κ2) is 7.65. The van der Waals surface area contributed by atoms with Crippen LogP contribution in [0.2, 0.25) is 0 Å². The van der Waals surface area contributed by atoms with Gasteiger partial charge < -0.3 is 0 Å². The molecule has 2 aromatic rings. The first-order chi connectivity index (χ1) is 12.3. The summed E-state index contributed by atoms with van der Waals surface area (Å²) in [5.41, 5.74) is 4.33. The summed E-state index contributed by atoms with van der Waals surface area (Å²) < 4.78 is 23.4. The lowest BCUT2D eigenvalue weighted by atomic mass is 10.0. The molecule has 1 N–H and O–H groups in total. The van der Waals surface area contributed by atoms with Crippen LogP contribution in [0.15, 0.2) is 52.4 Å². The van der Waals surface area contributed by atoms with E-state index in [9.17, 15) is 4.21 Å². The third kappa shape index (κ3) is 3.79. The van der Waals surface area contributed by atoms with Gasteiger partial charge in [-0.1, -0.05) is 51.1 Å². The summed E-state index contributed by atoms with van der Waals surface area (Å²) in [6.45, 7) is 6.95. The van der Waals surface area contributed by atoms with Crippen molar-refractivity contribution in [1.29, 1.82) is 4.78 Å². The fraction of sp³-hybridized carbons (Fsp3) is 0.381. The van der Waals surface area contributed by atoms with E-state index < -0.39 is 9.73 Å². The predicted molar refractivity (Wildman–Crippen MR) is 113 cm³/mol. The molecule has 0 saturated heterocycles. The highest BCUT2D eigenvalue weighted by molar-refractivity contribution is 9.18. The second-order valence-corrected chi connectivity index (χ2v) is 10.2. The average Bonchev–Trinajstić information content (AvgIpc) is 3.00. The van der Waals surface area contributed by atoms with Crippen LogP contribution in [0.4, 0.5) is 0 Å². The number of benzene rings is 2. The van der Waals surface area contributed by atoms with E-state index in [2.05, 4.69) is 53.8 Å². The number of hydrogen-bond donors (Lipinski definition) is 1. The third-order valence-corrected chi connectivity index (χ3v) is 7.78. The van der Waals surface area contributed by atoms with Gasteiger partial charge in [-0.25, -0.2) is 8.99 Å². The lowest BCUT2D eigenvalue weighted by Crippen LogP contribution is -2.15. The number of rotatable bonds is 6. The van der Waals surface area contributed by atoms with Crippen LogP contribution >= 0.6 is 15.9 Å². The minimum absolute atomic E-state index is 0.308. The normalized spacial score (nSPS) is 16.9. The van der Waals surface area contributed by atoms with Gasteiger partial charge in [-0.05, 0) is 63.5 Å². The summed E-state index contributed by atoms with van der Waals surface area (Å²) in [6.07, 6.45) is 1.70. The molecule has 138 valence electrons. The monoisotopic (exact) mass is 432 g/mol. The molecule has 3 nitrogen and oxygen atoms in total. The van der Waals surface area contributed by atoms with Gasteiger partial charge in [0.25, 0.3) is 0 Å². The van der Waals surface area contributed by atoms with Crippen LogP contribution in [0.5, 0.6) is 0 Å². The maximum absolute atomic E-state index is 13.7. The molecule has 0 aliphatic carbocycles. The molecule has 1 aliphatic rings. The molecule has 0 amide bonds. The van der Waals surface area contributed by atoms with Crippen molar-refractivity contribution in [2.75, 3.05) is 0 Å². The molecule has 0 saturated carbocycles. The molecule has 0 radical (unpaired) electrons. The fourth-order valence-corrected chi connectivity index (χ4v) is 5.98. The topological polar surface area (TPSA) is 53.3 Å². The predicted octanol–water partition coefficient (Wildman–Crippen LogP) is 6.10. The molecule has 26 heavy (non-hydrogen) atoms. The van der Waals surface area contributed by atoms with Gasteiger partial charge in [0.1, 0.15) is 4.62 Å². The minimum Gasteiger partial charge on any atom is -0.272 e. The van der Waals surface area contributed by atoms with Crippen molar-refractivity contribution in [1.82, 2.24) is 0 Å². The Bertz CT molecular complexity index is 931. The number of nitrogens with one attached hydrogen (secondary N) is 1. The first-order valence-electron chi connectivity index (χ1n) is 9.02. The molecule has 0 bridgehead atoms. The van der Waals surface area contributed by atoms with Crippen molar-refractivity contribution in [2.45, 2.75) is 50.3 Å². The van der Waals surface area contributed by atoms with Crippen LogP contribution in [0, 0.1) is 10.7 Å². The summed E-state index contributed by atoms with van der Waals surface area (Å²) in [5, 5.41) is -0.308. The Balaban J connectivity index is 2.02. The smallest absolute Gasteiger partial charge is 0.108 e. The fourth-order valence-electron chi connectivity index (χ4n) is 3.35. The first-order valence-corrected chi connectivity index (χ1v) is 11.4. The lowest BCUT2D eigenvalue weighted by Gasteiger charge is -2.23. The molecule has 5 heteroatoms. The quantitative estimate of drug-likeness (QED) is 0.588. The van der Waals surface area contributed by atoms with Crippen molar-refractivity contribution in [3.8, 4) is 0 Å². The van der Waals surface area contributed by atoms with Crippen molar-refractivity contribution < 1.29 is 4.21 Å². The molecular weight excluding hydrogens is 408 g/mol. The van der Waals surface area contributed by atoms with Crippen molar-refractivity contribution >= 4 is 30.3 Å². The molecule has 1 heterocycles. The van der Waals surface area contributed by atoms with Crippen LogP contribution in [0.1, 0.15) is 54.7 Å². The van der Waals surface area contributed by atoms with Crippen LogP contribution in [-0.4, -0.2) is 8.83 Å². The molecular formula is C21H25BrN2OS. The summed E-state index contributed by atoms with van der Waals surface area (Å²) >= 11 is 3.46. The SMILES string of the molecule is CCc1ccc(C(CC(C)C)S(=N)(=O)c2ccc3c(c2)CN=C3Br)cc1. The van der Waals surface area contributed by atoms with Gasteiger partial charge in [-0.15, -0.1) is 0 Å². The van der Waals surface area contributed by atoms with E-state index in [0.29, 0.717) is 17.4 Å². The van der Waals surface area contributed by atoms with Gasteiger partial charge in [0.15, 0.2) is 0 Å². The maximum Gasteiger partial charge on any atom is 0.108 e. The number of fused-ring (bicyclic) bond motifs is 1. The summed E-state index contributed by atoms with van der Waals surface area (Å²) in [4.78, 5) is 4.99.